The molecule has 0 bridgehead atoms. The quantitative estimate of drug-likeness (QED) is 0.897. The number of nitrogens with zero attached hydrogens (tertiary/aromatic N) is 1. The molecule has 0 aliphatic carbocycles. The van der Waals surface area contributed by atoms with Gasteiger partial charge in [-0.2, -0.15) is 0 Å². The second-order valence-corrected chi connectivity index (χ2v) is 6.16. The molecule has 2 atom stereocenters. The maximum atomic E-state index is 13.1. The van der Waals surface area contributed by atoms with Gasteiger partial charge in [0.15, 0.2) is 0 Å². The fraction of sp³-hybridized carbons (Fsp3) is 0.571. The first-order chi connectivity index (χ1) is 8.97. The number of likely N-dealkylation sites (tertiary alicyclic amines) is 1. The summed E-state index contributed by atoms with van der Waals surface area (Å²) in [5, 5.41) is 4.01. The standard InChI is InChI=1S/C14H19Cl2FN2/c1-9(10-4-3-5-19(2)8-10)18-14-12(15)6-11(17)7-13(14)16/h6-7,9-10,18H,3-5,8H2,1-2H3. The number of piperidine rings is 1. The third-order valence-corrected chi connectivity index (χ3v) is 4.34. The van der Waals surface area contributed by atoms with Crippen molar-refractivity contribution < 1.29 is 4.39 Å². The number of hydrogen-bond acceptors (Lipinski definition) is 2. The lowest BCUT2D eigenvalue weighted by atomic mass is 9.92. The second kappa shape index (κ2) is 6.29. The van der Waals surface area contributed by atoms with E-state index in [1.54, 1.807) is 0 Å². The zero-order chi connectivity index (χ0) is 14.0. The number of benzene rings is 1. The molecule has 2 unspecified atom stereocenters. The first-order valence-electron chi connectivity index (χ1n) is 6.57. The normalized spacial score (nSPS) is 22.3. The molecule has 0 amide bonds. The van der Waals surface area contributed by atoms with Crippen LogP contribution in [-0.4, -0.2) is 31.1 Å². The van der Waals surface area contributed by atoms with Crippen molar-refractivity contribution >= 4 is 28.9 Å². The van der Waals surface area contributed by atoms with E-state index in [9.17, 15) is 4.39 Å². The van der Waals surface area contributed by atoms with Crippen molar-refractivity contribution in [3.63, 3.8) is 0 Å². The van der Waals surface area contributed by atoms with Crippen LogP contribution in [0.2, 0.25) is 10.0 Å². The number of halogens is 3. The molecule has 106 valence electrons. The lowest BCUT2D eigenvalue weighted by molar-refractivity contribution is 0.197. The van der Waals surface area contributed by atoms with Gasteiger partial charge in [0.05, 0.1) is 15.7 Å². The summed E-state index contributed by atoms with van der Waals surface area (Å²) in [6.45, 7) is 4.34. The van der Waals surface area contributed by atoms with Crippen molar-refractivity contribution in [2.45, 2.75) is 25.8 Å². The molecule has 0 radical (unpaired) electrons. The Morgan fingerprint density at radius 2 is 2.00 bits per heavy atom. The van der Waals surface area contributed by atoms with Crippen molar-refractivity contribution in [1.82, 2.24) is 4.90 Å². The van der Waals surface area contributed by atoms with Gasteiger partial charge >= 0.3 is 0 Å². The molecule has 1 heterocycles. The molecule has 1 saturated heterocycles. The Kier molecular flexibility index (Phi) is 4.93. The number of nitrogens with one attached hydrogen (secondary N) is 1. The number of anilines is 1. The van der Waals surface area contributed by atoms with Crippen LogP contribution in [0.1, 0.15) is 19.8 Å². The van der Waals surface area contributed by atoms with Gasteiger partial charge in [0.1, 0.15) is 5.82 Å². The lowest BCUT2D eigenvalue weighted by Crippen LogP contribution is -2.39. The highest BCUT2D eigenvalue weighted by Crippen LogP contribution is 2.33. The van der Waals surface area contributed by atoms with Gasteiger partial charge in [0, 0.05) is 12.6 Å². The van der Waals surface area contributed by atoms with Gasteiger partial charge in [-0.05, 0) is 51.4 Å². The predicted molar refractivity (Wildman–Crippen MR) is 79.7 cm³/mol. The molecule has 1 aliphatic heterocycles. The Morgan fingerprint density at radius 3 is 2.58 bits per heavy atom. The van der Waals surface area contributed by atoms with E-state index >= 15 is 0 Å². The van der Waals surface area contributed by atoms with E-state index in [-0.39, 0.29) is 6.04 Å². The first kappa shape index (κ1) is 14.9. The van der Waals surface area contributed by atoms with Crippen LogP contribution in [0.4, 0.5) is 10.1 Å². The van der Waals surface area contributed by atoms with Gasteiger partial charge in [-0.15, -0.1) is 0 Å². The molecule has 1 N–H and O–H groups in total. The highest BCUT2D eigenvalue weighted by molar-refractivity contribution is 6.39. The minimum absolute atomic E-state index is 0.253. The van der Waals surface area contributed by atoms with Crippen LogP contribution in [0.15, 0.2) is 12.1 Å². The third-order valence-electron chi connectivity index (χ3n) is 3.75. The van der Waals surface area contributed by atoms with Gasteiger partial charge in [-0.3, -0.25) is 0 Å². The average Bonchev–Trinajstić information content (AvgIpc) is 2.33. The molecular weight excluding hydrogens is 286 g/mol. The van der Waals surface area contributed by atoms with Gasteiger partial charge < -0.3 is 10.2 Å². The minimum atomic E-state index is -0.411. The zero-order valence-electron chi connectivity index (χ0n) is 11.2. The Labute approximate surface area is 123 Å². The van der Waals surface area contributed by atoms with E-state index in [0.717, 1.165) is 13.1 Å². The van der Waals surface area contributed by atoms with Crippen LogP contribution >= 0.6 is 23.2 Å². The van der Waals surface area contributed by atoms with E-state index in [1.807, 2.05) is 0 Å². The Balaban J connectivity index is 2.08. The molecule has 2 rings (SSSR count). The predicted octanol–water partition coefficient (Wildman–Crippen LogP) is 4.27. The molecular formula is C14H19Cl2FN2. The molecule has 5 heteroatoms. The van der Waals surface area contributed by atoms with Gasteiger partial charge in [0.25, 0.3) is 0 Å². The van der Waals surface area contributed by atoms with Crippen molar-refractivity contribution in [3.8, 4) is 0 Å². The highest BCUT2D eigenvalue weighted by Gasteiger charge is 2.23. The Morgan fingerprint density at radius 1 is 1.37 bits per heavy atom. The summed E-state index contributed by atoms with van der Waals surface area (Å²) in [5.41, 5.74) is 0.630. The molecule has 0 saturated carbocycles. The summed E-state index contributed by atoms with van der Waals surface area (Å²) >= 11 is 12.1. The maximum absolute atomic E-state index is 13.1. The van der Waals surface area contributed by atoms with Crippen LogP contribution in [0.5, 0.6) is 0 Å². The molecule has 2 nitrogen and oxygen atoms in total. The van der Waals surface area contributed by atoms with Crippen molar-refractivity contribution in [3.05, 3.63) is 28.0 Å². The Bertz CT molecular complexity index is 430. The van der Waals surface area contributed by atoms with Gasteiger partial charge in [0.2, 0.25) is 0 Å². The number of hydrogen-bond donors (Lipinski definition) is 1. The Hall–Kier alpha value is -0.510. The summed E-state index contributed by atoms with van der Waals surface area (Å²) in [7, 11) is 2.14. The van der Waals surface area contributed by atoms with E-state index in [4.69, 9.17) is 23.2 Å². The molecule has 1 aliphatic rings. The van der Waals surface area contributed by atoms with Crippen LogP contribution in [0.25, 0.3) is 0 Å². The van der Waals surface area contributed by atoms with Crippen LogP contribution < -0.4 is 5.32 Å². The van der Waals surface area contributed by atoms with E-state index in [2.05, 4.69) is 24.2 Å². The lowest BCUT2D eigenvalue weighted by Gasteiger charge is -2.34. The topological polar surface area (TPSA) is 15.3 Å². The summed E-state index contributed by atoms with van der Waals surface area (Å²) < 4.78 is 13.1. The van der Waals surface area contributed by atoms with Crippen LogP contribution in [0, 0.1) is 11.7 Å². The zero-order valence-corrected chi connectivity index (χ0v) is 12.7. The number of rotatable bonds is 3. The summed E-state index contributed by atoms with van der Waals surface area (Å²) in [6, 6.07) is 2.83. The fourth-order valence-corrected chi connectivity index (χ4v) is 3.21. The smallest absolute Gasteiger partial charge is 0.126 e. The van der Waals surface area contributed by atoms with Crippen molar-refractivity contribution in [2.75, 3.05) is 25.5 Å². The van der Waals surface area contributed by atoms with E-state index in [1.165, 1.54) is 25.0 Å². The monoisotopic (exact) mass is 304 g/mol. The van der Waals surface area contributed by atoms with Gasteiger partial charge in [-0.1, -0.05) is 23.2 Å². The van der Waals surface area contributed by atoms with Crippen molar-refractivity contribution in [2.24, 2.45) is 5.92 Å². The van der Waals surface area contributed by atoms with Crippen LogP contribution in [0.3, 0.4) is 0 Å². The minimum Gasteiger partial charge on any atom is -0.380 e. The average molecular weight is 305 g/mol. The summed E-state index contributed by atoms with van der Waals surface area (Å²) in [5.74, 6) is 0.140. The molecule has 0 spiro atoms. The van der Waals surface area contributed by atoms with E-state index < -0.39 is 5.82 Å². The first-order valence-corrected chi connectivity index (χ1v) is 7.32. The summed E-state index contributed by atoms with van der Waals surface area (Å²) in [4.78, 5) is 2.33. The largest absolute Gasteiger partial charge is 0.380 e. The molecule has 19 heavy (non-hydrogen) atoms. The maximum Gasteiger partial charge on any atom is 0.126 e. The highest BCUT2D eigenvalue weighted by atomic mass is 35.5. The SMILES string of the molecule is CC(Nc1c(Cl)cc(F)cc1Cl)C1CCCN(C)C1. The molecule has 1 fully saturated rings. The summed E-state index contributed by atoms with van der Waals surface area (Å²) in [6.07, 6.45) is 2.40. The van der Waals surface area contributed by atoms with Gasteiger partial charge in [-0.25, -0.2) is 4.39 Å². The van der Waals surface area contributed by atoms with E-state index in [0.29, 0.717) is 21.7 Å². The fourth-order valence-electron chi connectivity index (χ4n) is 2.64. The van der Waals surface area contributed by atoms with Crippen molar-refractivity contribution in [1.29, 1.82) is 0 Å². The second-order valence-electron chi connectivity index (χ2n) is 5.34. The molecule has 1 aromatic carbocycles. The molecule has 0 aromatic heterocycles. The third kappa shape index (κ3) is 3.74. The molecule has 1 aromatic rings. The van der Waals surface area contributed by atoms with Crippen LogP contribution in [-0.2, 0) is 0 Å².